The van der Waals surface area contributed by atoms with Crippen LogP contribution >= 0.6 is 12.4 Å². The van der Waals surface area contributed by atoms with E-state index in [9.17, 15) is 4.79 Å². The summed E-state index contributed by atoms with van der Waals surface area (Å²) in [6.45, 7) is 0. The topological polar surface area (TPSA) is 113 Å². The van der Waals surface area contributed by atoms with Gasteiger partial charge in [0.25, 0.3) is 0 Å². The molecule has 0 aliphatic rings. The van der Waals surface area contributed by atoms with Crippen LogP contribution in [0.25, 0.3) is 0 Å². The van der Waals surface area contributed by atoms with E-state index in [0.717, 1.165) is 0 Å². The summed E-state index contributed by atoms with van der Waals surface area (Å²) in [5.41, 5.74) is 5.64. The lowest BCUT2D eigenvalue weighted by Crippen LogP contribution is -2.13. The Kier molecular flexibility index (Phi) is 4.71. The number of carboxylic acids is 1. The van der Waals surface area contributed by atoms with Crippen LogP contribution in [-0.2, 0) is 0 Å². The van der Waals surface area contributed by atoms with E-state index in [0.29, 0.717) is 11.4 Å². The normalized spacial score (nSPS) is 8.71. The van der Waals surface area contributed by atoms with E-state index in [-0.39, 0.29) is 18.0 Å². The standard InChI is InChI=1S/C7H10N4O2.ClH/c8-10-4-1-2-5(7(12)13)6(3-4)11-9;/h1-3,10-11H,8-9H2,(H,12,13);1H. The first-order chi connectivity index (χ1) is 6.19. The first kappa shape index (κ1) is 12.5. The molecule has 0 saturated heterocycles. The highest BCUT2D eigenvalue weighted by atomic mass is 35.5. The maximum absolute atomic E-state index is 10.6. The van der Waals surface area contributed by atoms with Crippen molar-refractivity contribution in [2.75, 3.05) is 10.9 Å². The molecule has 1 aromatic rings. The molecule has 0 saturated carbocycles. The Bertz CT molecular complexity index is 331. The minimum absolute atomic E-state index is 0. The molecule has 0 spiro atoms. The quantitative estimate of drug-likeness (QED) is 0.370. The Morgan fingerprint density at radius 3 is 2.36 bits per heavy atom. The number of hydrazine groups is 2. The smallest absolute Gasteiger partial charge is 0.337 e. The maximum atomic E-state index is 10.6. The molecular weight excluding hydrogens is 208 g/mol. The predicted octanol–water partition coefficient (Wildman–Crippen LogP) is 0.378. The van der Waals surface area contributed by atoms with E-state index in [1.165, 1.54) is 12.1 Å². The van der Waals surface area contributed by atoms with Crippen molar-refractivity contribution in [3.8, 4) is 0 Å². The summed E-state index contributed by atoms with van der Waals surface area (Å²) in [6, 6.07) is 4.46. The van der Waals surface area contributed by atoms with Gasteiger partial charge in [0, 0.05) is 0 Å². The number of halogens is 1. The van der Waals surface area contributed by atoms with Crippen molar-refractivity contribution >= 4 is 29.8 Å². The van der Waals surface area contributed by atoms with Crippen LogP contribution in [0.2, 0.25) is 0 Å². The molecule has 0 fully saturated rings. The lowest BCUT2D eigenvalue weighted by atomic mass is 10.1. The van der Waals surface area contributed by atoms with Crippen LogP contribution in [0.1, 0.15) is 10.4 Å². The third-order valence-electron chi connectivity index (χ3n) is 1.57. The summed E-state index contributed by atoms with van der Waals surface area (Å²) in [7, 11) is 0. The number of nitrogen functional groups attached to an aromatic ring is 2. The van der Waals surface area contributed by atoms with Gasteiger partial charge < -0.3 is 16.0 Å². The summed E-state index contributed by atoms with van der Waals surface area (Å²) < 4.78 is 0. The molecule has 1 aromatic carbocycles. The number of carboxylic acid groups (broad SMARTS) is 1. The molecule has 0 aromatic heterocycles. The highest BCUT2D eigenvalue weighted by molar-refractivity contribution is 5.94. The highest BCUT2D eigenvalue weighted by Crippen LogP contribution is 2.19. The van der Waals surface area contributed by atoms with Gasteiger partial charge in [0.05, 0.1) is 16.9 Å². The zero-order valence-electron chi connectivity index (χ0n) is 7.15. The van der Waals surface area contributed by atoms with Gasteiger partial charge in [-0.1, -0.05) is 0 Å². The number of hydrogen-bond acceptors (Lipinski definition) is 5. The maximum Gasteiger partial charge on any atom is 0.337 e. The molecule has 7 heteroatoms. The molecule has 0 atom stereocenters. The fourth-order valence-corrected chi connectivity index (χ4v) is 0.940. The molecular formula is C7H11ClN4O2. The Labute approximate surface area is 86.6 Å². The minimum Gasteiger partial charge on any atom is -0.478 e. The molecule has 0 amide bonds. The first-order valence-electron chi connectivity index (χ1n) is 3.49. The monoisotopic (exact) mass is 218 g/mol. The molecule has 7 N–H and O–H groups in total. The zero-order chi connectivity index (χ0) is 9.84. The summed E-state index contributed by atoms with van der Waals surface area (Å²) in [5, 5.41) is 8.71. The van der Waals surface area contributed by atoms with E-state index < -0.39 is 5.97 Å². The Morgan fingerprint density at radius 1 is 1.29 bits per heavy atom. The number of nitrogens with one attached hydrogen (secondary N) is 2. The van der Waals surface area contributed by atoms with Crippen molar-refractivity contribution in [3.63, 3.8) is 0 Å². The molecule has 0 unspecified atom stereocenters. The number of aromatic carboxylic acids is 1. The Hall–Kier alpha value is -1.50. The molecule has 0 radical (unpaired) electrons. The van der Waals surface area contributed by atoms with Gasteiger partial charge in [-0.2, -0.15) is 0 Å². The van der Waals surface area contributed by atoms with Crippen molar-refractivity contribution in [2.45, 2.75) is 0 Å². The van der Waals surface area contributed by atoms with Crippen molar-refractivity contribution in [1.82, 2.24) is 0 Å². The molecule has 0 aliphatic carbocycles. The number of nitrogens with two attached hydrogens (primary N) is 2. The SMILES string of the molecule is Cl.NNc1ccc(C(=O)O)c(NN)c1. The summed E-state index contributed by atoms with van der Waals surface area (Å²) in [4.78, 5) is 10.6. The molecule has 78 valence electrons. The van der Waals surface area contributed by atoms with Crippen LogP contribution in [0, 0.1) is 0 Å². The second-order valence-electron chi connectivity index (χ2n) is 2.35. The molecule has 6 nitrogen and oxygen atoms in total. The first-order valence-corrected chi connectivity index (χ1v) is 3.49. The molecule has 0 heterocycles. The van der Waals surface area contributed by atoms with Crippen molar-refractivity contribution in [1.29, 1.82) is 0 Å². The van der Waals surface area contributed by atoms with E-state index in [1.54, 1.807) is 6.07 Å². The third kappa shape index (κ3) is 2.49. The summed E-state index contributed by atoms with van der Waals surface area (Å²) in [6.07, 6.45) is 0. The predicted molar refractivity (Wildman–Crippen MR) is 56.3 cm³/mol. The second kappa shape index (κ2) is 5.28. The van der Waals surface area contributed by atoms with Gasteiger partial charge in [-0.05, 0) is 18.2 Å². The van der Waals surface area contributed by atoms with Crippen molar-refractivity contribution < 1.29 is 9.90 Å². The van der Waals surface area contributed by atoms with Gasteiger partial charge >= 0.3 is 5.97 Å². The molecule has 1 rings (SSSR count). The molecule has 14 heavy (non-hydrogen) atoms. The molecule has 0 aliphatic heterocycles. The average Bonchev–Trinajstić information content (AvgIpc) is 2.16. The average molecular weight is 219 g/mol. The van der Waals surface area contributed by atoms with Gasteiger partial charge in [0.1, 0.15) is 0 Å². The lowest BCUT2D eigenvalue weighted by molar-refractivity contribution is 0.0698. The number of rotatable bonds is 3. The van der Waals surface area contributed by atoms with Crippen LogP contribution in [-0.4, -0.2) is 11.1 Å². The highest BCUT2D eigenvalue weighted by Gasteiger charge is 2.08. The number of benzene rings is 1. The van der Waals surface area contributed by atoms with Gasteiger partial charge in [0.2, 0.25) is 0 Å². The fraction of sp³-hybridized carbons (Fsp3) is 0. The van der Waals surface area contributed by atoms with Crippen LogP contribution in [0.15, 0.2) is 18.2 Å². The lowest BCUT2D eigenvalue weighted by Gasteiger charge is -2.07. The van der Waals surface area contributed by atoms with Gasteiger partial charge in [-0.25, -0.2) is 4.79 Å². The number of hydrogen-bond donors (Lipinski definition) is 5. The van der Waals surface area contributed by atoms with E-state index in [1.807, 2.05) is 0 Å². The van der Waals surface area contributed by atoms with Gasteiger partial charge in [0.15, 0.2) is 0 Å². The van der Waals surface area contributed by atoms with Crippen LogP contribution in [0.3, 0.4) is 0 Å². The number of carbonyl (C=O) groups is 1. The Balaban J connectivity index is 0.00000169. The van der Waals surface area contributed by atoms with E-state index in [2.05, 4.69) is 10.9 Å². The van der Waals surface area contributed by atoms with Gasteiger partial charge in [-0.3, -0.25) is 11.7 Å². The summed E-state index contributed by atoms with van der Waals surface area (Å²) >= 11 is 0. The summed E-state index contributed by atoms with van der Waals surface area (Å²) in [5.74, 6) is 9.22. The number of anilines is 2. The largest absolute Gasteiger partial charge is 0.478 e. The molecule has 0 bridgehead atoms. The minimum atomic E-state index is -1.04. The zero-order valence-corrected chi connectivity index (χ0v) is 7.97. The van der Waals surface area contributed by atoms with E-state index >= 15 is 0 Å². The fourth-order valence-electron chi connectivity index (χ4n) is 0.940. The van der Waals surface area contributed by atoms with E-state index in [4.69, 9.17) is 16.8 Å². The van der Waals surface area contributed by atoms with Crippen LogP contribution in [0.4, 0.5) is 11.4 Å². The third-order valence-corrected chi connectivity index (χ3v) is 1.57. The van der Waals surface area contributed by atoms with Crippen LogP contribution < -0.4 is 22.5 Å². The van der Waals surface area contributed by atoms with Crippen molar-refractivity contribution in [2.24, 2.45) is 11.7 Å². The van der Waals surface area contributed by atoms with Crippen molar-refractivity contribution in [3.05, 3.63) is 23.8 Å². The Morgan fingerprint density at radius 2 is 1.93 bits per heavy atom. The van der Waals surface area contributed by atoms with Crippen LogP contribution in [0.5, 0.6) is 0 Å². The van der Waals surface area contributed by atoms with Gasteiger partial charge in [-0.15, -0.1) is 12.4 Å². The second-order valence-corrected chi connectivity index (χ2v) is 2.35.